The van der Waals surface area contributed by atoms with E-state index in [1.165, 1.54) is 0 Å². The van der Waals surface area contributed by atoms with E-state index in [0.717, 1.165) is 0 Å². The van der Waals surface area contributed by atoms with Crippen LogP contribution in [-0.4, -0.2) is 17.6 Å². The second-order valence-corrected chi connectivity index (χ2v) is 1.60. The maximum Gasteiger partial charge on any atom is 0.305 e. The van der Waals surface area contributed by atoms with Crippen LogP contribution < -0.4 is 11.1 Å². The van der Waals surface area contributed by atoms with Gasteiger partial charge in [0.25, 0.3) is 0 Å². The molecule has 52 valence electrons. The van der Waals surface area contributed by atoms with E-state index in [-0.39, 0.29) is 6.42 Å². The van der Waals surface area contributed by atoms with E-state index in [1.807, 2.05) is 0 Å². The number of aliphatic carboxylic acids is 1. The van der Waals surface area contributed by atoms with Gasteiger partial charge < -0.3 is 16.2 Å². The van der Waals surface area contributed by atoms with Crippen LogP contribution in [0.4, 0.5) is 0 Å². The van der Waals surface area contributed by atoms with Crippen LogP contribution in [0, 0.1) is 0 Å². The van der Waals surface area contributed by atoms with E-state index in [2.05, 4.69) is 11.9 Å². The molecule has 0 saturated heterocycles. The second-order valence-electron chi connectivity index (χ2n) is 1.60. The summed E-state index contributed by atoms with van der Waals surface area (Å²) in [5, 5.41) is 10.7. The van der Waals surface area contributed by atoms with E-state index in [4.69, 9.17) is 10.8 Å². The van der Waals surface area contributed by atoms with E-state index in [9.17, 15) is 4.79 Å². The van der Waals surface area contributed by atoms with Crippen molar-refractivity contribution in [3.63, 3.8) is 0 Å². The Balaban J connectivity index is 3.10. The van der Waals surface area contributed by atoms with Crippen molar-refractivity contribution in [1.29, 1.82) is 0 Å². The molecule has 0 unspecified atom stereocenters. The van der Waals surface area contributed by atoms with Crippen molar-refractivity contribution in [3.05, 3.63) is 12.4 Å². The summed E-state index contributed by atoms with van der Waals surface area (Å²) >= 11 is 0. The summed E-state index contributed by atoms with van der Waals surface area (Å²) in [4.78, 5) is 9.87. The summed E-state index contributed by atoms with van der Waals surface area (Å²) in [6.07, 6.45) is 0.0657. The van der Waals surface area contributed by atoms with Gasteiger partial charge in [-0.1, -0.05) is 6.58 Å². The van der Waals surface area contributed by atoms with Crippen molar-refractivity contribution in [2.45, 2.75) is 6.42 Å². The molecule has 0 rings (SSSR count). The average Bonchev–Trinajstić information content (AvgIpc) is 1.63. The van der Waals surface area contributed by atoms with E-state index < -0.39 is 5.97 Å². The molecule has 0 radical (unpaired) electrons. The van der Waals surface area contributed by atoms with Crippen molar-refractivity contribution in [2.75, 3.05) is 6.54 Å². The Labute approximate surface area is 53.4 Å². The minimum Gasteiger partial charge on any atom is -0.481 e. The number of hydrogen-bond donors (Lipinski definition) is 3. The van der Waals surface area contributed by atoms with Gasteiger partial charge in [-0.3, -0.25) is 4.79 Å². The Kier molecular flexibility index (Phi) is 3.27. The minimum absolute atomic E-state index is 0.0657. The first-order valence-electron chi connectivity index (χ1n) is 2.53. The standard InChI is InChI=1S/C5H10N2O2/c1-4(6)7-3-2-5(8)9/h7H,1-3,6H2,(H,8,9). The average molecular weight is 130 g/mol. The van der Waals surface area contributed by atoms with E-state index >= 15 is 0 Å². The normalized spacial score (nSPS) is 8.44. The third-order valence-electron chi connectivity index (χ3n) is 0.691. The number of carboxylic acids is 1. The van der Waals surface area contributed by atoms with Crippen molar-refractivity contribution in [2.24, 2.45) is 5.73 Å². The molecule has 4 heteroatoms. The second kappa shape index (κ2) is 3.77. The van der Waals surface area contributed by atoms with Crippen molar-refractivity contribution < 1.29 is 9.90 Å². The lowest BCUT2D eigenvalue weighted by Gasteiger charge is -1.99. The number of carboxylic acid groups (broad SMARTS) is 1. The van der Waals surface area contributed by atoms with Crippen LogP contribution in [-0.2, 0) is 4.79 Å². The maximum absolute atomic E-state index is 9.87. The maximum atomic E-state index is 9.87. The van der Waals surface area contributed by atoms with Gasteiger partial charge in [0.15, 0.2) is 0 Å². The number of hydrogen-bond acceptors (Lipinski definition) is 3. The molecule has 0 aliphatic heterocycles. The molecule has 0 saturated carbocycles. The van der Waals surface area contributed by atoms with Gasteiger partial charge in [0.2, 0.25) is 0 Å². The van der Waals surface area contributed by atoms with Crippen LogP contribution in [0.15, 0.2) is 12.4 Å². The molecule has 9 heavy (non-hydrogen) atoms. The van der Waals surface area contributed by atoms with Crippen LogP contribution in [0.25, 0.3) is 0 Å². The highest BCUT2D eigenvalue weighted by Crippen LogP contribution is 1.75. The van der Waals surface area contributed by atoms with Crippen LogP contribution in [0.2, 0.25) is 0 Å². The number of nitrogens with one attached hydrogen (secondary N) is 1. The van der Waals surface area contributed by atoms with Gasteiger partial charge in [0.05, 0.1) is 12.2 Å². The third kappa shape index (κ3) is 6.81. The monoisotopic (exact) mass is 130 g/mol. The minimum atomic E-state index is -0.844. The Morgan fingerprint density at radius 2 is 2.33 bits per heavy atom. The lowest BCUT2D eigenvalue weighted by molar-refractivity contribution is -0.136. The summed E-state index contributed by atoms with van der Waals surface area (Å²) in [5.41, 5.74) is 5.08. The van der Waals surface area contributed by atoms with Gasteiger partial charge in [0, 0.05) is 6.54 Å². The lowest BCUT2D eigenvalue weighted by atomic mass is 10.4. The molecule has 4 nitrogen and oxygen atoms in total. The molecule has 0 amide bonds. The van der Waals surface area contributed by atoms with Gasteiger partial charge in [-0.25, -0.2) is 0 Å². The first-order chi connectivity index (χ1) is 4.13. The summed E-state index contributed by atoms with van der Waals surface area (Å²) in [6.45, 7) is 3.66. The summed E-state index contributed by atoms with van der Waals surface area (Å²) in [6, 6.07) is 0. The molecule has 0 aromatic rings. The van der Waals surface area contributed by atoms with Crippen molar-refractivity contribution in [1.82, 2.24) is 5.32 Å². The first-order valence-corrected chi connectivity index (χ1v) is 2.53. The summed E-state index contributed by atoms with van der Waals surface area (Å²) in [7, 11) is 0. The smallest absolute Gasteiger partial charge is 0.305 e. The summed E-state index contributed by atoms with van der Waals surface area (Å²) in [5.74, 6) is -0.542. The fourth-order valence-electron chi connectivity index (χ4n) is 0.330. The molecule has 0 aromatic heterocycles. The van der Waals surface area contributed by atoms with Crippen molar-refractivity contribution >= 4 is 5.97 Å². The van der Waals surface area contributed by atoms with Crippen LogP contribution >= 0.6 is 0 Å². The highest BCUT2D eigenvalue weighted by molar-refractivity contribution is 5.66. The molecule has 4 N–H and O–H groups in total. The Morgan fingerprint density at radius 1 is 1.78 bits per heavy atom. The topological polar surface area (TPSA) is 75.3 Å². The third-order valence-corrected chi connectivity index (χ3v) is 0.691. The van der Waals surface area contributed by atoms with Crippen LogP contribution in [0.5, 0.6) is 0 Å². The first kappa shape index (κ1) is 7.81. The molecule has 0 atom stereocenters. The summed E-state index contributed by atoms with van der Waals surface area (Å²) < 4.78 is 0. The highest BCUT2D eigenvalue weighted by atomic mass is 16.4. The number of nitrogens with two attached hydrogens (primary N) is 1. The predicted molar refractivity (Wildman–Crippen MR) is 33.6 cm³/mol. The molecule has 0 spiro atoms. The van der Waals surface area contributed by atoms with E-state index in [1.54, 1.807) is 0 Å². The van der Waals surface area contributed by atoms with Gasteiger partial charge >= 0.3 is 5.97 Å². The highest BCUT2D eigenvalue weighted by Gasteiger charge is 1.93. The number of carbonyl (C=O) groups is 1. The van der Waals surface area contributed by atoms with Gasteiger partial charge in [-0.05, 0) is 0 Å². The molecular weight excluding hydrogens is 120 g/mol. The fraction of sp³-hybridized carbons (Fsp3) is 0.400. The molecule has 0 aromatic carbocycles. The van der Waals surface area contributed by atoms with Gasteiger partial charge in [-0.15, -0.1) is 0 Å². The number of rotatable bonds is 4. The zero-order chi connectivity index (χ0) is 7.28. The molecule has 0 heterocycles. The molecular formula is C5H10N2O2. The fourth-order valence-corrected chi connectivity index (χ4v) is 0.330. The van der Waals surface area contributed by atoms with Crippen LogP contribution in [0.1, 0.15) is 6.42 Å². The molecule has 0 aliphatic rings. The molecule has 0 fully saturated rings. The largest absolute Gasteiger partial charge is 0.481 e. The van der Waals surface area contributed by atoms with Gasteiger partial charge in [0.1, 0.15) is 0 Å². The Bertz CT molecular complexity index is 108. The Hall–Kier alpha value is -1.19. The Morgan fingerprint density at radius 3 is 2.67 bits per heavy atom. The quantitative estimate of drug-likeness (QED) is 0.478. The molecule has 0 bridgehead atoms. The zero-order valence-electron chi connectivity index (χ0n) is 5.05. The molecule has 0 aliphatic carbocycles. The SMILES string of the molecule is C=C(N)NCCC(=O)O. The lowest BCUT2D eigenvalue weighted by Crippen LogP contribution is -2.21. The zero-order valence-corrected chi connectivity index (χ0v) is 5.05. The van der Waals surface area contributed by atoms with Crippen LogP contribution in [0.3, 0.4) is 0 Å². The predicted octanol–water partition coefficient (Wildman–Crippen LogP) is -0.519. The van der Waals surface area contributed by atoms with Gasteiger partial charge in [-0.2, -0.15) is 0 Å². The van der Waals surface area contributed by atoms with E-state index in [0.29, 0.717) is 12.4 Å². The van der Waals surface area contributed by atoms with Crippen molar-refractivity contribution in [3.8, 4) is 0 Å².